The lowest BCUT2D eigenvalue weighted by Crippen LogP contribution is -2.51. The summed E-state index contributed by atoms with van der Waals surface area (Å²) >= 11 is 0. The molecule has 2 aromatic carbocycles. The van der Waals surface area contributed by atoms with Gasteiger partial charge in [0.1, 0.15) is 12.2 Å². The molecule has 0 bridgehead atoms. The molecule has 1 aliphatic heterocycles. The Kier molecular flexibility index (Phi) is 5.10. The molecule has 36 heavy (non-hydrogen) atoms. The second kappa shape index (κ2) is 8.11. The smallest absolute Gasteiger partial charge is 0.415 e. The van der Waals surface area contributed by atoms with E-state index in [1.165, 1.54) is 0 Å². The van der Waals surface area contributed by atoms with Gasteiger partial charge in [0.25, 0.3) is 0 Å². The minimum absolute atomic E-state index is 0.0278. The van der Waals surface area contributed by atoms with Gasteiger partial charge < -0.3 is 9.84 Å². The minimum atomic E-state index is -4.64. The molecule has 2 heterocycles. The first-order valence-corrected chi connectivity index (χ1v) is 11.8. The van der Waals surface area contributed by atoms with Crippen LogP contribution in [0.25, 0.3) is 11.1 Å². The van der Waals surface area contributed by atoms with E-state index in [1.54, 1.807) is 0 Å². The molecule has 1 fully saturated rings. The number of carbonyl (C=O) groups excluding carboxylic acids is 1. The molecule has 0 saturated heterocycles. The Labute approximate surface area is 204 Å². The van der Waals surface area contributed by atoms with Crippen LogP contribution in [-0.4, -0.2) is 45.8 Å². The third-order valence-corrected chi connectivity index (χ3v) is 7.40. The van der Waals surface area contributed by atoms with E-state index in [9.17, 15) is 27.9 Å². The summed E-state index contributed by atoms with van der Waals surface area (Å²) in [5.74, 6) is -2.21. The first-order valence-electron chi connectivity index (χ1n) is 11.8. The standard InChI is InChI=1S/C26H22F3N3O4/c27-26(28,29)22-11-21(14-9-10-14)31(23-19(24(33)34)12-30-32(22)23)25(35)36-13-20-17-7-3-1-5-15(17)16-6-2-4-8-18(16)20/h1-8,12,14,20-22H,9-11,13H2,(H,33,34). The zero-order valence-electron chi connectivity index (χ0n) is 19.0. The lowest BCUT2D eigenvalue weighted by molar-refractivity contribution is -0.174. The van der Waals surface area contributed by atoms with Crippen LogP contribution < -0.4 is 4.90 Å². The Bertz CT molecular complexity index is 1320. The van der Waals surface area contributed by atoms with Crippen molar-refractivity contribution in [3.63, 3.8) is 0 Å². The summed E-state index contributed by atoms with van der Waals surface area (Å²) in [5.41, 5.74) is 3.63. The number of amides is 1. The lowest BCUT2D eigenvalue weighted by atomic mass is 9.97. The quantitative estimate of drug-likeness (QED) is 0.506. The molecule has 2 atom stereocenters. The van der Waals surface area contributed by atoms with E-state index in [0.717, 1.165) is 33.4 Å². The first kappa shape index (κ1) is 22.6. The van der Waals surface area contributed by atoms with Crippen molar-refractivity contribution in [1.29, 1.82) is 0 Å². The summed E-state index contributed by atoms with van der Waals surface area (Å²) in [6, 6.07) is 12.8. The van der Waals surface area contributed by atoms with Crippen LogP contribution in [0, 0.1) is 5.92 Å². The fourth-order valence-electron chi connectivity index (χ4n) is 5.61. The molecule has 7 nitrogen and oxygen atoms in total. The Morgan fingerprint density at radius 3 is 2.19 bits per heavy atom. The molecule has 10 heteroatoms. The number of aromatic nitrogens is 2. The Morgan fingerprint density at radius 2 is 1.64 bits per heavy atom. The molecule has 2 unspecified atom stereocenters. The van der Waals surface area contributed by atoms with E-state index in [2.05, 4.69) is 5.10 Å². The van der Waals surface area contributed by atoms with Crippen molar-refractivity contribution in [3.05, 3.63) is 71.4 Å². The average Bonchev–Trinajstić information content (AvgIpc) is 3.52. The number of hydrogen-bond donors (Lipinski definition) is 1. The van der Waals surface area contributed by atoms with E-state index in [1.807, 2.05) is 48.5 Å². The molecule has 1 aromatic heterocycles. The van der Waals surface area contributed by atoms with Gasteiger partial charge in [-0.1, -0.05) is 48.5 Å². The van der Waals surface area contributed by atoms with Gasteiger partial charge in [0.2, 0.25) is 0 Å². The van der Waals surface area contributed by atoms with Gasteiger partial charge in [0.05, 0.1) is 6.20 Å². The van der Waals surface area contributed by atoms with Gasteiger partial charge in [-0.25, -0.2) is 14.3 Å². The van der Waals surface area contributed by atoms with Gasteiger partial charge in [-0.2, -0.15) is 18.3 Å². The van der Waals surface area contributed by atoms with Crippen molar-refractivity contribution in [1.82, 2.24) is 9.78 Å². The number of hydrogen-bond acceptors (Lipinski definition) is 4. The number of carboxylic acids is 1. The number of halogens is 3. The van der Waals surface area contributed by atoms with E-state index < -0.39 is 42.3 Å². The molecule has 0 spiro atoms. The summed E-state index contributed by atoms with van der Waals surface area (Å²) in [6.45, 7) is -0.0278. The van der Waals surface area contributed by atoms with Gasteiger partial charge >= 0.3 is 18.2 Å². The lowest BCUT2D eigenvalue weighted by Gasteiger charge is -2.40. The number of fused-ring (bicyclic) bond motifs is 4. The number of carboxylic acid groups (broad SMARTS) is 1. The third-order valence-electron chi connectivity index (χ3n) is 7.40. The van der Waals surface area contributed by atoms with Crippen molar-refractivity contribution in [2.75, 3.05) is 11.5 Å². The highest BCUT2D eigenvalue weighted by atomic mass is 19.4. The molecule has 3 aliphatic rings. The van der Waals surface area contributed by atoms with Crippen LogP contribution in [0.3, 0.4) is 0 Å². The van der Waals surface area contributed by atoms with Crippen molar-refractivity contribution >= 4 is 17.9 Å². The molecular formula is C26H22F3N3O4. The van der Waals surface area contributed by atoms with Gasteiger partial charge in [-0.05, 0) is 41.0 Å². The van der Waals surface area contributed by atoms with Gasteiger partial charge in [0.15, 0.2) is 11.9 Å². The molecule has 3 aromatic rings. The normalized spacial score (nSPS) is 21.0. The Morgan fingerprint density at radius 1 is 1.03 bits per heavy atom. The number of carbonyl (C=O) groups is 2. The van der Waals surface area contributed by atoms with E-state index >= 15 is 0 Å². The molecule has 1 N–H and O–H groups in total. The number of nitrogens with zero attached hydrogens (tertiary/aromatic N) is 3. The molecule has 0 radical (unpaired) electrons. The predicted octanol–water partition coefficient (Wildman–Crippen LogP) is 5.62. The molecular weight excluding hydrogens is 475 g/mol. The summed E-state index contributed by atoms with van der Waals surface area (Å²) in [6.07, 6.45) is -3.70. The van der Waals surface area contributed by atoms with Gasteiger partial charge in [-0.15, -0.1) is 0 Å². The number of anilines is 1. The predicted molar refractivity (Wildman–Crippen MR) is 123 cm³/mol. The van der Waals surface area contributed by atoms with E-state index in [0.29, 0.717) is 17.5 Å². The number of ether oxygens (including phenoxy) is 1. The Balaban J connectivity index is 1.34. The molecule has 6 rings (SSSR count). The highest BCUT2D eigenvalue weighted by Crippen LogP contribution is 2.50. The monoisotopic (exact) mass is 497 g/mol. The number of alkyl halides is 3. The van der Waals surface area contributed by atoms with Crippen LogP contribution in [0.4, 0.5) is 23.8 Å². The topological polar surface area (TPSA) is 84.7 Å². The van der Waals surface area contributed by atoms with Crippen LogP contribution in [0.15, 0.2) is 54.7 Å². The summed E-state index contributed by atoms with van der Waals surface area (Å²) in [5, 5.41) is 13.4. The first-order chi connectivity index (χ1) is 17.3. The summed E-state index contributed by atoms with van der Waals surface area (Å²) in [4.78, 5) is 26.5. The minimum Gasteiger partial charge on any atom is -0.477 e. The average molecular weight is 497 g/mol. The van der Waals surface area contributed by atoms with Crippen molar-refractivity contribution in [2.45, 2.75) is 43.4 Å². The van der Waals surface area contributed by atoms with Gasteiger partial charge in [0, 0.05) is 18.4 Å². The van der Waals surface area contributed by atoms with Crippen molar-refractivity contribution < 1.29 is 32.6 Å². The summed E-state index contributed by atoms with van der Waals surface area (Å²) in [7, 11) is 0. The van der Waals surface area contributed by atoms with Crippen LogP contribution in [0.1, 0.15) is 52.7 Å². The van der Waals surface area contributed by atoms with Crippen molar-refractivity contribution in [3.8, 4) is 11.1 Å². The van der Waals surface area contributed by atoms with Crippen molar-refractivity contribution in [2.24, 2.45) is 5.92 Å². The fourth-order valence-corrected chi connectivity index (χ4v) is 5.61. The third kappa shape index (κ3) is 3.54. The second-order valence-corrected chi connectivity index (χ2v) is 9.50. The van der Waals surface area contributed by atoms with Crippen LogP contribution in [0.2, 0.25) is 0 Å². The fraction of sp³-hybridized carbons (Fsp3) is 0.346. The highest BCUT2D eigenvalue weighted by molar-refractivity contribution is 5.99. The number of benzene rings is 2. The van der Waals surface area contributed by atoms with Crippen LogP contribution >= 0.6 is 0 Å². The Hall–Kier alpha value is -3.82. The maximum atomic E-state index is 13.9. The number of aromatic carboxylic acids is 1. The SMILES string of the molecule is O=C(O)c1cnn2c1N(C(=O)OCC1c3ccccc3-c3ccccc31)C(C1CC1)CC2C(F)(F)F. The van der Waals surface area contributed by atoms with Gasteiger partial charge in [-0.3, -0.25) is 4.90 Å². The summed E-state index contributed by atoms with van der Waals surface area (Å²) < 4.78 is 48.1. The second-order valence-electron chi connectivity index (χ2n) is 9.50. The number of rotatable bonds is 4. The molecule has 186 valence electrons. The zero-order chi connectivity index (χ0) is 25.2. The highest BCUT2D eigenvalue weighted by Gasteiger charge is 2.54. The zero-order valence-corrected chi connectivity index (χ0v) is 19.0. The van der Waals surface area contributed by atoms with E-state index in [4.69, 9.17) is 4.74 Å². The maximum absolute atomic E-state index is 13.9. The molecule has 2 aliphatic carbocycles. The largest absolute Gasteiger partial charge is 0.477 e. The van der Waals surface area contributed by atoms with Crippen LogP contribution in [0.5, 0.6) is 0 Å². The van der Waals surface area contributed by atoms with Crippen LogP contribution in [-0.2, 0) is 4.74 Å². The molecule has 1 amide bonds. The van der Waals surface area contributed by atoms with E-state index in [-0.39, 0.29) is 24.3 Å². The maximum Gasteiger partial charge on any atom is 0.415 e. The molecule has 1 saturated carbocycles.